The third kappa shape index (κ3) is 10.6. The van der Waals surface area contributed by atoms with Crippen molar-refractivity contribution < 1.29 is 18.0 Å². The van der Waals surface area contributed by atoms with Crippen LogP contribution in [0.4, 0.5) is 5.69 Å². The number of nitrogen functional groups attached to an aromatic ring is 1. The second-order valence-electron chi connectivity index (χ2n) is 12.0. The number of sulfonamides is 1. The number of amides is 2. The fraction of sp³-hybridized carbons (Fsp3) is 0.645. The van der Waals surface area contributed by atoms with Crippen LogP contribution in [-0.2, 0) is 19.6 Å². The molecule has 1 aliphatic carbocycles. The maximum absolute atomic E-state index is 13.2. The van der Waals surface area contributed by atoms with Crippen LogP contribution in [0.5, 0.6) is 0 Å². The summed E-state index contributed by atoms with van der Waals surface area (Å²) in [6.45, 7) is 7.33. The highest BCUT2D eigenvalue weighted by atomic mass is 32.2. The van der Waals surface area contributed by atoms with Crippen molar-refractivity contribution in [1.29, 1.82) is 0 Å². The lowest BCUT2D eigenvalue weighted by atomic mass is 9.84. The summed E-state index contributed by atoms with van der Waals surface area (Å²) in [7, 11) is -3.61. The van der Waals surface area contributed by atoms with E-state index in [-0.39, 0.29) is 28.7 Å². The smallest absolute Gasteiger partial charge is 0.253 e. The van der Waals surface area contributed by atoms with Crippen molar-refractivity contribution in [1.82, 2.24) is 14.9 Å². The van der Waals surface area contributed by atoms with E-state index < -0.39 is 16.1 Å². The van der Waals surface area contributed by atoms with E-state index in [4.69, 9.17) is 5.73 Å². The van der Waals surface area contributed by atoms with Gasteiger partial charge in [0.15, 0.2) is 0 Å². The molecule has 2 aliphatic rings. The van der Waals surface area contributed by atoms with Gasteiger partial charge in [0.2, 0.25) is 15.9 Å². The number of carbonyl (C=O) groups excluding carboxylic acids is 2. The van der Waals surface area contributed by atoms with Crippen LogP contribution in [0.15, 0.2) is 45.8 Å². The van der Waals surface area contributed by atoms with Gasteiger partial charge in [-0.15, -0.1) is 0 Å². The topological polar surface area (TPSA) is 134 Å². The summed E-state index contributed by atoms with van der Waals surface area (Å²) < 4.78 is 28.0. The number of unbranched alkanes of at least 4 members (excludes halogenated alkanes) is 2. The predicted molar refractivity (Wildman–Crippen MR) is 165 cm³/mol. The Morgan fingerprint density at radius 2 is 1.78 bits per heavy atom. The Balaban J connectivity index is 1.50. The fourth-order valence-corrected chi connectivity index (χ4v) is 7.07. The average molecular weight is 588 g/mol. The molecule has 4 N–H and O–H groups in total. The Morgan fingerprint density at radius 3 is 2.41 bits per heavy atom. The van der Waals surface area contributed by atoms with E-state index in [2.05, 4.69) is 15.6 Å². The molecular weight excluding hydrogens is 538 g/mol. The Hall–Kier alpha value is -2.72. The lowest BCUT2D eigenvalue weighted by Crippen LogP contribution is -2.48. The number of hydrogen-bond acceptors (Lipinski definition) is 6. The summed E-state index contributed by atoms with van der Waals surface area (Å²) in [6, 6.07) is 5.90. The lowest BCUT2D eigenvalue weighted by molar-refractivity contribution is -0.127. The third-order valence-electron chi connectivity index (χ3n) is 7.79. The third-order valence-corrected chi connectivity index (χ3v) is 9.67. The quantitative estimate of drug-likeness (QED) is 0.206. The van der Waals surface area contributed by atoms with Crippen LogP contribution in [0.3, 0.4) is 0 Å². The van der Waals surface area contributed by atoms with Crippen molar-refractivity contribution in [2.75, 3.05) is 25.4 Å². The van der Waals surface area contributed by atoms with Gasteiger partial charge in [0.05, 0.1) is 16.5 Å². The molecule has 1 aliphatic heterocycles. The minimum atomic E-state index is -3.61. The summed E-state index contributed by atoms with van der Waals surface area (Å²) in [5, 5.41) is 6.00. The van der Waals surface area contributed by atoms with E-state index in [1.165, 1.54) is 19.3 Å². The Labute approximate surface area is 246 Å². The van der Waals surface area contributed by atoms with Crippen LogP contribution in [0.1, 0.15) is 85.0 Å². The highest BCUT2D eigenvalue weighted by molar-refractivity contribution is 7.89. The molecule has 2 amide bonds. The maximum Gasteiger partial charge on any atom is 0.253 e. The van der Waals surface area contributed by atoms with Crippen LogP contribution in [-0.4, -0.2) is 62.5 Å². The van der Waals surface area contributed by atoms with Gasteiger partial charge in [-0.25, -0.2) is 8.42 Å². The van der Waals surface area contributed by atoms with Crippen LogP contribution in [0.25, 0.3) is 0 Å². The zero-order chi connectivity index (χ0) is 29.8. The van der Waals surface area contributed by atoms with E-state index in [1.54, 1.807) is 34.8 Å². The molecule has 0 radical (unpaired) electrons. The summed E-state index contributed by atoms with van der Waals surface area (Å²) in [6.07, 6.45) is 12.8. The van der Waals surface area contributed by atoms with Gasteiger partial charge in [0.25, 0.3) is 5.91 Å². The number of nitrogens with two attached hydrogens (primary N) is 1. The fourth-order valence-electron chi connectivity index (χ4n) is 5.43. The first kappa shape index (κ1) is 32.8. The number of hydrogen-bond donors (Lipinski definition) is 3. The number of dihydropyridines is 1. The van der Waals surface area contributed by atoms with Crippen LogP contribution in [0, 0.1) is 11.8 Å². The normalized spacial score (nSPS) is 18.8. The monoisotopic (exact) mass is 587 g/mol. The molecule has 0 bridgehead atoms. The zero-order valence-electron chi connectivity index (χ0n) is 25.0. The largest absolute Gasteiger partial charge is 0.399 e. The standard InChI is InChI=1S/C31H49N5O4S/c1-23(2)22-36(41(39,40)28-16-14-27(32)15-17-28)19-9-5-8-18-33-31(38)29(20-25-10-6-4-7-11-25)35-30(37)26-13-12-24(3)34-21-26/h13-17,21,23-25,29H,4-12,18-20,22,32H2,1-3H3,(H,33,38)(H,35,37)/t24?,29-/m0/s1. The van der Waals surface area contributed by atoms with Gasteiger partial charge in [-0.3, -0.25) is 14.6 Å². The first-order valence-corrected chi connectivity index (χ1v) is 16.7. The molecule has 0 spiro atoms. The molecule has 2 atom stereocenters. The second kappa shape index (κ2) is 16.1. The van der Waals surface area contributed by atoms with E-state index in [1.807, 2.05) is 26.8 Å². The van der Waals surface area contributed by atoms with Crippen molar-refractivity contribution in [3.05, 3.63) is 35.9 Å². The molecule has 1 unspecified atom stereocenters. The van der Waals surface area contributed by atoms with E-state index in [0.29, 0.717) is 56.1 Å². The number of benzene rings is 1. The van der Waals surface area contributed by atoms with Crippen molar-refractivity contribution in [3.8, 4) is 0 Å². The van der Waals surface area contributed by atoms with Crippen molar-refractivity contribution in [3.63, 3.8) is 0 Å². The molecule has 0 saturated heterocycles. The van der Waals surface area contributed by atoms with Crippen molar-refractivity contribution in [2.45, 2.75) is 102 Å². The molecule has 1 aromatic carbocycles. The molecule has 1 heterocycles. The second-order valence-corrected chi connectivity index (χ2v) is 13.9. The zero-order valence-corrected chi connectivity index (χ0v) is 25.8. The van der Waals surface area contributed by atoms with Gasteiger partial charge >= 0.3 is 0 Å². The summed E-state index contributed by atoms with van der Waals surface area (Å²) in [4.78, 5) is 30.7. The molecule has 3 rings (SSSR count). The first-order chi connectivity index (χ1) is 19.6. The number of nitrogens with zero attached hydrogens (tertiary/aromatic N) is 2. The molecule has 10 heteroatoms. The lowest BCUT2D eigenvalue weighted by Gasteiger charge is -2.27. The molecular formula is C31H49N5O4S. The molecule has 1 fully saturated rings. The van der Waals surface area contributed by atoms with E-state index >= 15 is 0 Å². The minimum absolute atomic E-state index is 0.155. The van der Waals surface area contributed by atoms with E-state index in [0.717, 1.165) is 25.7 Å². The van der Waals surface area contributed by atoms with Gasteiger partial charge in [0.1, 0.15) is 6.04 Å². The van der Waals surface area contributed by atoms with Crippen LogP contribution < -0.4 is 16.4 Å². The summed E-state index contributed by atoms with van der Waals surface area (Å²) >= 11 is 0. The Bertz CT molecular complexity index is 1160. The van der Waals surface area contributed by atoms with Crippen molar-refractivity contribution in [2.24, 2.45) is 16.8 Å². The van der Waals surface area contributed by atoms with Crippen molar-refractivity contribution >= 4 is 33.7 Å². The minimum Gasteiger partial charge on any atom is -0.399 e. The molecule has 0 aromatic heterocycles. The van der Waals surface area contributed by atoms with Gasteiger partial charge in [-0.1, -0.05) is 58.4 Å². The number of rotatable bonds is 15. The molecule has 1 aromatic rings. The Morgan fingerprint density at radius 1 is 1.07 bits per heavy atom. The van der Waals surface area contributed by atoms with Gasteiger partial charge in [-0.05, 0) is 68.7 Å². The number of anilines is 1. The number of nitrogens with one attached hydrogen (secondary N) is 2. The van der Waals surface area contributed by atoms with Gasteiger partial charge < -0.3 is 16.4 Å². The van der Waals surface area contributed by atoms with Crippen LogP contribution >= 0.6 is 0 Å². The molecule has 1 saturated carbocycles. The molecule has 9 nitrogen and oxygen atoms in total. The van der Waals surface area contributed by atoms with Gasteiger partial charge in [-0.2, -0.15) is 4.31 Å². The average Bonchev–Trinajstić information content (AvgIpc) is 2.94. The van der Waals surface area contributed by atoms with Gasteiger partial charge in [0, 0.05) is 31.5 Å². The van der Waals surface area contributed by atoms with Crippen LogP contribution in [0.2, 0.25) is 0 Å². The molecule has 228 valence electrons. The SMILES string of the molecule is CC(C)CN(CCCCCNC(=O)[C@H](CC1CCCCC1)NC(=O)C1=CCC(C)N=C1)S(=O)(=O)c1ccc(N)cc1. The Kier molecular flexibility index (Phi) is 12.8. The number of aliphatic imine (C=N–C) groups is 1. The summed E-state index contributed by atoms with van der Waals surface area (Å²) in [5.74, 6) is 0.221. The highest BCUT2D eigenvalue weighted by Crippen LogP contribution is 2.27. The molecule has 41 heavy (non-hydrogen) atoms. The predicted octanol–water partition coefficient (Wildman–Crippen LogP) is 4.45. The van der Waals surface area contributed by atoms with E-state index in [9.17, 15) is 18.0 Å². The summed E-state index contributed by atoms with van der Waals surface area (Å²) in [5.41, 5.74) is 6.78. The maximum atomic E-state index is 13.2. The first-order valence-electron chi connectivity index (χ1n) is 15.2. The highest BCUT2D eigenvalue weighted by Gasteiger charge is 2.27. The number of carbonyl (C=O) groups is 2.